The van der Waals surface area contributed by atoms with E-state index in [1.165, 1.54) is 5.56 Å². The summed E-state index contributed by atoms with van der Waals surface area (Å²) in [6.07, 6.45) is 6.73. The molecule has 2 heterocycles. The van der Waals surface area contributed by atoms with Crippen molar-refractivity contribution in [3.63, 3.8) is 0 Å². The zero-order valence-electron chi connectivity index (χ0n) is 11.8. The van der Waals surface area contributed by atoms with Crippen molar-refractivity contribution in [1.82, 2.24) is 20.1 Å². The maximum atomic E-state index is 4.39. The SMILES string of the molecule is c1ccc(-n2cc(CNCCc3ccccn3)cn2)cc1. The Hall–Kier alpha value is -2.46. The second kappa shape index (κ2) is 6.81. The lowest BCUT2D eigenvalue weighted by atomic mass is 10.2. The summed E-state index contributed by atoms with van der Waals surface area (Å²) in [6.45, 7) is 1.73. The number of nitrogens with zero attached hydrogens (tertiary/aromatic N) is 3. The van der Waals surface area contributed by atoms with Crippen molar-refractivity contribution < 1.29 is 0 Å². The van der Waals surface area contributed by atoms with Crippen LogP contribution in [0.15, 0.2) is 67.1 Å². The van der Waals surface area contributed by atoms with Gasteiger partial charge in [-0.25, -0.2) is 4.68 Å². The quantitative estimate of drug-likeness (QED) is 0.705. The van der Waals surface area contributed by atoms with Crippen molar-refractivity contribution in [3.8, 4) is 5.69 Å². The van der Waals surface area contributed by atoms with Crippen LogP contribution in [-0.4, -0.2) is 21.3 Å². The molecular formula is C17H18N4. The highest BCUT2D eigenvalue weighted by Crippen LogP contribution is 2.07. The standard InChI is InChI=1S/C17H18N4/c1-2-7-17(8-3-1)21-14-15(13-20-21)12-18-11-9-16-6-4-5-10-19-16/h1-8,10,13-14,18H,9,11-12H2. The molecule has 0 bridgehead atoms. The van der Waals surface area contributed by atoms with E-state index in [1.54, 1.807) is 0 Å². The molecule has 2 aromatic heterocycles. The van der Waals surface area contributed by atoms with E-state index in [1.807, 2.05) is 59.5 Å². The largest absolute Gasteiger partial charge is 0.312 e. The summed E-state index contributed by atoms with van der Waals surface area (Å²) in [5.74, 6) is 0. The molecular weight excluding hydrogens is 260 g/mol. The number of pyridine rings is 1. The number of hydrogen-bond acceptors (Lipinski definition) is 3. The first kappa shape index (κ1) is 13.5. The monoisotopic (exact) mass is 278 g/mol. The van der Waals surface area contributed by atoms with Crippen LogP contribution in [-0.2, 0) is 13.0 Å². The Morgan fingerprint density at radius 3 is 2.67 bits per heavy atom. The van der Waals surface area contributed by atoms with Gasteiger partial charge < -0.3 is 5.32 Å². The van der Waals surface area contributed by atoms with Gasteiger partial charge in [-0.15, -0.1) is 0 Å². The van der Waals surface area contributed by atoms with E-state index in [-0.39, 0.29) is 0 Å². The van der Waals surface area contributed by atoms with E-state index in [9.17, 15) is 0 Å². The van der Waals surface area contributed by atoms with Gasteiger partial charge in [0.05, 0.1) is 11.9 Å². The molecule has 0 spiro atoms. The lowest BCUT2D eigenvalue weighted by Gasteiger charge is -2.02. The highest BCUT2D eigenvalue weighted by Gasteiger charge is 2.00. The van der Waals surface area contributed by atoms with Crippen LogP contribution in [0.5, 0.6) is 0 Å². The van der Waals surface area contributed by atoms with Crippen LogP contribution >= 0.6 is 0 Å². The minimum Gasteiger partial charge on any atom is -0.312 e. The highest BCUT2D eigenvalue weighted by molar-refractivity contribution is 5.30. The van der Waals surface area contributed by atoms with Gasteiger partial charge in [0.2, 0.25) is 0 Å². The molecule has 3 rings (SSSR count). The lowest BCUT2D eigenvalue weighted by molar-refractivity contribution is 0.680. The minimum absolute atomic E-state index is 0.819. The molecule has 0 unspecified atom stereocenters. The molecule has 0 amide bonds. The molecule has 0 atom stereocenters. The number of para-hydroxylation sites is 1. The van der Waals surface area contributed by atoms with E-state index in [2.05, 4.69) is 27.7 Å². The van der Waals surface area contributed by atoms with Gasteiger partial charge in [-0.1, -0.05) is 24.3 Å². The first-order chi connectivity index (χ1) is 10.4. The van der Waals surface area contributed by atoms with Gasteiger partial charge >= 0.3 is 0 Å². The fourth-order valence-corrected chi connectivity index (χ4v) is 2.17. The molecule has 0 fully saturated rings. The van der Waals surface area contributed by atoms with Crippen LogP contribution in [0.1, 0.15) is 11.3 Å². The Bertz CT molecular complexity index is 662. The van der Waals surface area contributed by atoms with E-state index in [0.29, 0.717) is 0 Å². The topological polar surface area (TPSA) is 42.7 Å². The van der Waals surface area contributed by atoms with Crippen LogP contribution in [0.4, 0.5) is 0 Å². The second-order valence-corrected chi connectivity index (χ2v) is 4.88. The average Bonchev–Trinajstić information content (AvgIpc) is 3.02. The Morgan fingerprint density at radius 1 is 1.00 bits per heavy atom. The van der Waals surface area contributed by atoms with Gasteiger partial charge in [0, 0.05) is 43.2 Å². The van der Waals surface area contributed by atoms with Gasteiger partial charge in [-0.05, 0) is 24.3 Å². The van der Waals surface area contributed by atoms with Gasteiger partial charge in [0.15, 0.2) is 0 Å². The Balaban J connectivity index is 1.49. The fourth-order valence-electron chi connectivity index (χ4n) is 2.17. The lowest BCUT2D eigenvalue weighted by Crippen LogP contribution is -2.16. The van der Waals surface area contributed by atoms with Crippen molar-refractivity contribution in [3.05, 3.63) is 78.4 Å². The Labute approximate surface area is 124 Å². The molecule has 106 valence electrons. The second-order valence-electron chi connectivity index (χ2n) is 4.88. The predicted octanol–water partition coefficient (Wildman–Crippen LogP) is 2.60. The van der Waals surface area contributed by atoms with Gasteiger partial charge in [0.1, 0.15) is 0 Å². The summed E-state index contributed by atoms with van der Waals surface area (Å²) in [4.78, 5) is 4.31. The smallest absolute Gasteiger partial charge is 0.0645 e. The molecule has 0 saturated heterocycles. The highest BCUT2D eigenvalue weighted by atomic mass is 15.3. The molecule has 0 radical (unpaired) electrons. The van der Waals surface area contributed by atoms with Gasteiger partial charge in [-0.3, -0.25) is 4.98 Å². The Morgan fingerprint density at radius 2 is 1.86 bits per heavy atom. The molecule has 1 N–H and O–H groups in total. The average molecular weight is 278 g/mol. The van der Waals surface area contributed by atoms with Crippen molar-refractivity contribution in [1.29, 1.82) is 0 Å². The molecule has 4 nitrogen and oxygen atoms in total. The summed E-state index contributed by atoms with van der Waals surface area (Å²) in [5, 5.41) is 7.81. The fraction of sp³-hybridized carbons (Fsp3) is 0.176. The van der Waals surface area contributed by atoms with E-state index in [4.69, 9.17) is 0 Å². The molecule has 3 aromatic rings. The van der Waals surface area contributed by atoms with Crippen LogP contribution in [0, 0.1) is 0 Å². The Kier molecular flexibility index (Phi) is 4.39. The summed E-state index contributed by atoms with van der Waals surface area (Å²) < 4.78 is 1.90. The minimum atomic E-state index is 0.819. The van der Waals surface area contributed by atoms with Crippen LogP contribution in [0.25, 0.3) is 5.69 Å². The molecule has 0 saturated carbocycles. The molecule has 21 heavy (non-hydrogen) atoms. The van der Waals surface area contributed by atoms with Crippen LogP contribution < -0.4 is 5.32 Å². The molecule has 4 heteroatoms. The summed E-state index contributed by atoms with van der Waals surface area (Å²) in [5.41, 5.74) is 3.38. The first-order valence-corrected chi connectivity index (χ1v) is 7.11. The zero-order chi connectivity index (χ0) is 14.3. The number of aromatic nitrogens is 3. The summed E-state index contributed by atoms with van der Waals surface area (Å²) in [6, 6.07) is 16.1. The normalized spacial score (nSPS) is 10.7. The van der Waals surface area contributed by atoms with Crippen molar-refractivity contribution in [2.24, 2.45) is 0 Å². The maximum absolute atomic E-state index is 4.39. The molecule has 0 aliphatic heterocycles. The van der Waals surface area contributed by atoms with E-state index >= 15 is 0 Å². The van der Waals surface area contributed by atoms with E-state index in [0.717, 1.165) is 30.9 Å². The van der Waals surface area contributed by atoms with Crippen LogP contribution in [0.2, 0.25) is 0 Å². The zero-order valence-corrected chi connectivity index (χ0v) is 11.8. The number of nitrogens with one attached hydrogen (secondary N) is 1. The molecule has 0 aliphatic carbocycles. The number of benzene rings is 1. The third-order valence-corrected chi connectivity index (χ3v) is 3.27. The van der Waals surface area contributed by atoms with Gasteiger partial charge in [-0.2, -0.15) is 5.10 Å². The number of rotatable bonds is 6. The first-order valence-electron chi connectivity index (χ1n) is 7.11. The summed E-state index contributed by atoms with van der Waals surface area (Å²) >= 11 is 0. The maximum Gasteiger partial charge on any atom is 0.0645 e. The predicted molar refractivity (Wildman–Crippen MR) is 83.2 cm³/mol. The number of hydrogen-bond donors (Lipinski definition) is 1. The van der Waals surface area contributed by atoms with Crippen molar-refractivity contribution in [2.45, 2.75) is 13.0 Å². The molecule has 1 aromatic carbocycles. The molecule has 0 aliphatic rings. The summed E-state index contributed by atoms with van der Waals surface area (Å²) in [7, 11) is 0. The third kappa shape index (κ3) is 3.77. The van der Waals surface area contributed by atoms with Crippen LogP contribution in [0.3, 0.4) is 0 Å². The van der Waals surface area contributed by atoms with Gasteiger partial charge in [0.25, 0.3) is 0 Å². The van der Waals surface area contributed by atoms with E-state index < -0.39 is 0 Å². The van der Waals surface area contributed by atoms with Crippen molar-refractivity contribution in [2.75, 3.05) is 6.54 Å². The third-order valence-electron chi connectivity index (χ3n) is 3.27. The van der Waals surface area contributed by atoms with Crippen molar-refractivity contribution >= 4 is 0 Å².